The highest BCUT2D eigenvalue weighted by atomic mass is 19.1. The molecule has 27 heavy (non-hydrogen) atoms. The lowest BCUT2D eigenvalue weighted by molar-refractivity contribution is 0.407. The Morgan fingerprint density at radius 1 is 1.33 bits per heavy atom. The molecule has 1 unspecified atom stereocenters. The summed E-state index contributed by atoms with van der Waals surface area (Å²) in [6.45, 7) is 7.69. The van der Waals surface area contributed by atoms with Gasteiger partial charge in [-0.1, -0.05) is 13.8 Å². The topological polar surface area (TPSA) is 67.1 Å². The summed E-state index contributed by atoms with van der Waals surface area (Å²) in [6.07, 6.45) is 1.75. The van der Waals surface area contributed by atoms with Crippen molar-refractivity contribution in [2.75, 3.05) is 6.54 Å². The predicted molar refractivity (Wildman–Crippen MR) is 101 cm³/mol. The molecule has 3 rings (SSSR count). The molecule has 0 radical (unpaired) electrons. The van der Waals surface area contributed by atoms with Gasteiger partial charge in [-0.3, -0.25) is 0 Å². The molecular formula is C19H26F2N6. The Labute approximate surface area is 158 Å². The third-order valence-corrected chi connectivity index (χ3v) is 4.59. The van der Waals surface area contributed by atoms with Crippen LogP contribution in [0.2, 0.25) is 0 Å². The number of nitrogens with one attached hydrogen (secondary N) is 2. The molecule has 8 heteroatoms. The number of hydrogen-bond acceptors (Lipinski definition) is 3. The standard InChI is InChI=1S/C19H26F2N6/c1-4-22-19(23-10-13-9-14(20)5-7-16(13)21)24-15-6-8-17-25-26-18(12(2)3)27(17)11-15/h5,7,9,12,15H,4,6,8,10-11H2,1-3H3,(H2,22,23,24). The fourth-order valence-electron chi connectivity index (χ4n) is 3.24. The second kappa shape index (κ2) is 8.45. The summed E-state index contributed by atoms with van der Waals surface area (Å²) in [6, 6.07) is 3.59. The van der Waals surface area contributed by atoms with Gasteiger partial charge < -0.3 is 15.2 Å². The van der Waals surface area contributed by atoms with Gasteiger partial charge in [0, 0.05) is 37.0 Å². The van der Waals surface area contributed by atoms with Crippen LogP contribution in [0.15, 0.2) is 23.2 Å². The third kappa shape index (κ3) is 4.61. The fraction of sp³-hybridized carbons (Fsp3) is 0.526. The molecule has 0 spiro atoms. The molecule has 1 aliphatic heterocycles. The summed E-state index contributed by atoms with van der Waals surface area (Å²) in [5.41, 5.74) is 0.235. The number of guanidine groups is 1. The highest BCUT2D eigenvalue weighted by Gasteiger charge is 2.24. The number of nitrogens with zero attached hydrogens (tertiary/aromatic N) is 4. The first-order valence-corrected chi connectivity index (χ1v) is 9.38. The van der Waals surface area contributed by atoms with Crippen LogP contribution in [0.1, 0.15) is 50.3 Å². The van der Waals surface area contributed by atoms with Gasteiger partial charge in [0.05, 0.1) is 6.54 Å². The van der Waals surface area contributed by atoms with Crippen molar-refractivity contribution in [3.05, 3.63) is 47.0 Å². The average Bonchev–Trinajstić information content (AvgIpc) is 3.06. The number of fused-ring (bicyclic) bond motifs is 1. The van der Waals surface area contributed by atoms with Gasteiger partial charge in [-0.15, -0.1) is 10.2 Å². The van der Waals surface area contributed by atoms with E-state index in [0.29, 0.717) is 18.4 Å². The van der Waals surface area contributed by atoms with E-state index < -0.39 is 11.6 Å². The van der Waals surface area contributed by atoms with Crippen LogP contribution in [0.3, 0.4) is 0 Å². The van der Waals surface area contributed by atoms with E-state index in [2.05, 4.69) is 44.2 Å². The number of aromatic nitrogens is 3. The van der Waals surface area contributed by atoms with Crippen molar-refractivity contribution in [2.45, 2.75) is 58.7 Å². The normalized spacial score (nSPS) is 17.1. The quantitative estimate of drug-likeness (QED) is 0.622. The van der Waals surface area contributed by atoms with E-state index in [1.165, 1.54) is 6.07 Å². The molecule has 1 atom stereocenters. The van der Waals surface area contributed by atoms with Crippen molar-refractivity contribution < 1.29 is 8.78 Å². The average molecular weight is 376 g/mol. The van der Waals surface area contributed by atoms with Crippen LogP contribution in [0.5, 0.6) is 0 Å². The molecule has 1 aliphatic rings. The maximum Gasteiger partial charge on any atom is 0.191 e. The lowest BCUT2D eigenvalue weighted by Gasteiger charge is -2.27. The molecule has 2 aromatic rings. The van der Waals surface area contributed by atoms with Crippen LogP contribution >= 0.6 is 0 Å². The predicted octanol–water partition coefficient (Wildman–Crippen LogP) is 2.75. The fourth-order valence-corrected chi connectivity index (χ4v) is 3.24. The third-order valence-electron chi connectivity index (χ3n) is 4.59. The zero-order valence-corrected chi connectivity index (χ0v) is 16.0. The zero-order valence-electron chi connectivity index (χ0n) is 16.0. The Bertz CT molecular complexity index is 815. The summed E-state index contributed by atoms with van der Waals surface area (Å²) in [5.74, 6) is 1.98. The minimum Gasteiger partial charge on any atom is -0.357 e. The van der Waals surface area contributed by atoms with E-state index in [1.54, 1.807) is 0 Å². The molecule has 0 amide bonds. The van der Waals surface area contributed by atoms with E-state index in [-0.39, 0.29) is 18.2 Å². The SMILES string of the molecule is CCNC(=NCc1cc(F)ccc1F)NC1CCc2nnc(C(C)C)n2C1. The molecule has 1 aromatic heterocycles. The van der Waals surface area contributed by atoms with Crippen LogP contribution in [-0.4, -0.2) is 33.3 Å². The molecule has 0 fully saturated rings. The maximum absolute atomic E-state index is 13.8. The maximum atomic E-state index is 13.8. The lowest BCUT2D eigenvalue weighted by Crippen LogP contribution is -2.47. The number of hydrogen-bond donors (Lipinski definition) is 2. The molecular weight excluding hydrogens is 350 g/mol. The number of aliphatic imine (C=N–C) groups is 1. The van der Waals surface area contributed by atoms with Gasteiger partial charge in [-0.05, 0) is 31.5 Å². The van der Waals surface area contributed by atoms with Gasteiger partial charge in [0.2, 0.25) is 0 Å². The molecule has 2 N–H and O–H groups in total. The van der Waals surface area contributed by atoms with Crippen molar-refractivity contribution in [3.8, 4) is 0 Å². The van der Waals surface area contributed by atoms with Crippen LogP contribution in [0.4, 0.5) is 8.78 Å². The monoisotopic (exact) mass is 376 g/mol. The van der Waals surface area contributed by atoms with Crippen LogP contribution < -0.4 is 10.6 Å². The van der Waals surface area contributed by atoms with Gasteiger partial charge in [0.1, 0.15) is 23.3 Å². The molecule has 2 heterocycles. The number of benzene rings is 1. The summed E-state index contributed by atoms with van der Waals surface area (Å²) >= 11 is 0. The van der Waals surface area contributed by atoms with Gasteiger partial charge >= 0.3 is 0 Å². The van der Waals surface area contributed by atoms with Gasteiger partial charge in [-0.2, -0.15) is 0 Å². The van der Waals surface area contributed by atoms with E-state index in [1.807, 2.05) is 6.92 Å². The summed E-state index contributed by atoms with van der Waals surface area (Å²) < 4.78 is 29.3. The Balaban J connectivity index is 1.71. The van der Waals surface area contributed by atoms with Crippen molar-refractivity contribution in [3.63, 3.8) is 0 Å². The minimum absolute atomic E-state index is 0.0702. The van der Waals surface area contributed by atoms with Crippen molar-refractivity contribution in [2.24, 2.45) is 4.99 Å². The smallest absolute Gasteiger partial charge is 0.191 e. The molecule has 0 saturated heterocycles. The second-order valence-corrected chi connectivity index (χ2v) is 7.05. The van der Waals surface area contributed by atoms with E-state index in [0.717, 1.165) is 43.2 Å². The Hall–Kier alpha value is -2.51. The molecule has 1 aromatic carbocycles. The van der Waals surface area contributed by atoms with E-state index in [4.69, 9.17) is 0 Å². The molecule has 0 saturated carbocycles. The summed E-state index contributed by atoms with van der Waals surface area (Å²) in [7, 11) is 0. The molecule has 6 nitrogen and oxygen atoms in total. The number of aryl methyl sites for hydroxylation is 1. The minimum atomic E-state index is -0.465. The largest absolute Gasteiger partial charge is 0.357 e. The Morgan fingerprint density at radius 3 is 2.89 bits per heavy atom. The molecule has 146 valence electrons. The second-order valence-electron chi connectivity index (χ2n) is 7.05. The van der Waals surface area contributed by atoms with Crippen molar-refractivity contribution >= 4 is 5.96 Å². The van der Waals surface area contributed by atoms with E-state index in [9.17, 15) is 8.78 Å². The first kappa shape index (κ1) is 19.3. The molecule has 0 bridgehead atoms. The summed E-state index contributed by atoms with van der Waals surface area (Å²) in [4.78, 5) is 4.43. The molecule has 0 aliphatic carbocycles. The van der Waals surface area contributed by atoms with Gasteiger partial charge in [-0.25, -0.2) is 13.8 Å². The first-order valence-electron chi connectivity index (χ1n) is 9.38. The van der Waals surface area contributed by atoms with Gasteiger partial charge in [0.25, 0.3) is 0 Å². The van der Waals surface area contributed by atoms with Crippen LogP contribution in [0, 0.1) is 11.6 Å². The Morgan fingerprint density at radius 2 is 2.15 bits per heavy atom. The number of rotatable bonds is 5. The van der Waals surface area contributed by atoms with Crippen molar-refractivity contribution in [1.29, 1.82) is 0 Å². The van der Waals surface area contributed by atoms with Crippen LogP contribution in [0.25, 0.3) is 0 Å². The zero-order chi connectivity index (χ0) is 19.4. The number of halogens is 2. The highest BCUT2D eigenvalue weighted by molar-refractivity contribution is 5.80. The first-order chi connectivity index (χ1) is 13.0. The Kier molecular flexibility index (Phi) is 6.03. The highest BCUT2D eigenvalue weighted by Crippen LogP contribution is 2.20. The summed E-state index contributed by atoms with van der Waals surface area (Å²) in [5, 5.41) is 15.2. The van der Waals surface area contributed by atoms with E-state index >= 15 is 0 Å². The van der Waals surface area contributed by atoms with Crippen molar-refractivity contribution in [1.82, 2.24) is 25.4 Å². The lowest BCUT2D eigenvalue weighted by atomic mass is 10.1. The van der Waals surface area contributed by atoms with Crippen LogP contribution in [-0.2, 0) is 19.5 Å². The van der Waals surface area contributed by atoms with Gasteiger partial charge in [0.15, 0.2) is 5.96 Å².